The highest BCUT2D eigenvalue weighted by Crippen LogP contribution is 2.34. The second-order valence-electron chi connectivity index (χ2n) is 9.08. The minimum Gasteiger partial charge on any atom is -0.324 e. The molecule has 0 aliphatic carbocycles. The van der Waals surface area contributed by atoms with Crippen LogP contribution in [0.5, 0.6) is 0 Å². The van der Waals surface area contributed by atoms with Crippen LogP contribution in [0.2, 0.25) is 5.02 Å². The number of hydrogen-bond donors (Lipinski definition) is 3. The van der Waals surface area contributed by atoms with E-state index >= 15 is 0 Å². The third-order valence-electron chi connectivity index (χ3n) is 6.29. The summed E-state index contributed by atoms with van der Waals surface area (Å²) in [5, 5.41) is 13.7. The Bertz CT molecular complexity index is 1170. The first-order valence-electron chi connectivity index (χ1n) is 11.6. The molecule has 4 rings (SSSR count). The SMILES string of the molecule is Cc1cc(Nc2nc(Nc3cc(C)c(C4CCN(CCC(F)(F)F)CC4)cc3C)ncc2Cl)n[nH]1. The predicted molar refractivity (Wildman–Crippen MR) is 132 cm³/mol. The topological polar surface area (TPSA) is 81.8 Å². The number of rotatable bonds is 7. The van der Waals surface area contributed by atoms with Crippen LogP contribution >= 0.6 is 11.6 Å². The van der Waals surface area contributed by atoms with Gasteiger partial charge in [-0.3, -0.25) is 5.10 Å². The minimum absolute atomic E-state index is 0.0782. The third kappa shape index (κ3) is 6.64. The number of likely N-dealkylation sites (tertiary alicyclic amines) is 1. The highest BCUT2D eigenvalue weighted by molar-refractivity contribution is 6.32. The lowest BCUT2D eigenvalue weighted by Crippen LogP contribution is -2.35. The van der Waals surface area contributed by atoms with E-state index in [1.54, 1.807) is 0 Å². The van der Waals surface area contributed by atoms with E-state index in [1.165, 1.54) is 11.8 Å². The second kappa shape index (κ2) is 10.4. The van der Waals surface area contributed by atoms with Gasteiger partial charge in [0.25, 0.3) is 0 Å². The highest BCUT2D eigenvalue weighted by atomic mass is 35.5. The van der Waals surface area contributed by atoms with Crippen molar-refractivity contribution in [2.24, 2.45) is 0 Å². The van der Waals surface area contributed by atoms with Gasteiger partial charge in [0, 0.05) is 24.0 Å². The molecule has 3 N–H and O–H groups in total. The smallest absolute Gasteiger partial charge is 0.324 e. The number of aromatic amines is 1. The van der Waals surface area contributed by atoms with Crippen LogP contribution in [0, 0.1) is 20.8 Å². The van der Waals surface area contributed by atoms with Gasteiger partial charge in [0.1, 0.15) is 5.02 Å². The van der Waals surface area contributed by atoms with E-state index in [1.807, 2.05) is 24.8 Å². The molecule has 1 saturated heterocycles. The van der Waals surface area contributed by atoms with Crippen LogP contribution in [-0.4, -0.2) is 50.9 Å². The number of alkyl halides is 3. The monoisotopic (exact) mass is 507 g/mol. The standard InChI is InChI=1S/C24H29ClF3N7/c1-14-11-20(30-23-29-13-19(25)22(32-23)31-21-12-16(3)33-34-21)15(2)10-18(14)17-4-7-35(8-5-17)9-6-24(26,27)28/h10-13,17H,4-9H2,1-3H3,(H3,29,30,31,32,33,34). The molecule has 0 amide bonds. The molecule has 1 fully saturated rings. The molecule has 3 aromatic rings. The van der Waals surface area contributed by atoms with E-state index in [-0.39, 0.29) is 6.54 Å². The van der Waals surface area contributed by atoms with Gasteiger partial charge >= 0.3 is 6.18 Å². The number of benzene rings is 1. The van der Waals surface area contributed by atoms with Gasteiger partial charge in [0.05, 0.1) is 12.6 Å². The number of H-pyrrole nitrogens is 1. The summed E-state index contributed by atoms with van der Waals surface area (Å²) in [7, 11) is 0. The Labute approximate surface area is 207 Å². The summed E-state index contributed by atoms with van der Waals surface area (Å²) in [6.07, 6.45) is -1.61. The van der Waals surface area contributed by atoms with Crippen LogP contribution in [0.4, 0.5) is 36.4 Å². The summed E-state index contributed by atoms with van der Waals surface area (Å²) in [5.74, 6) is 1.79. The quantitative estimate of drug-likeness (QED) is 0.343. The molecule has 1 aliphatic heterocycles. The first kappa shape index (κ1) is 25.2. The molecule has 11 heteroatoms. The number of nitrogens with one attached hydrogen (secondary N) is 3. The first-order valence-corrected chi connectivity index (χ1v) is 11.9. The summed E-state index contributed by atoms with van der Waals surface area (Å²) in [6, 6.07) is 6.08. The van der Waals surface area contributed by atoms with Crippen molar-refractivity contribution in [2.75, 3.05) is 30.3 Å². The van der Waals surface area contributed by atoms with Crippen LogP contribution in [0.25, 0.3) is 0 Å². The van der Waals surface area contributed by atoms with Crippen molar-refractivity contribution in [2.45, 2.75) is 52.1 Å². The van der Waals surface area contributed by atoms with Gasteiger partial charge in [-0.1, -0.05) is 17.7 Å². The molecule has 188 valence electrons. The van der Waals surface area contributed by atoms with Crippen molar-refractivity contribution in [1.29, 1.82) is 0 Å². The molecule has 2 aromatic heterocycles. The number of nitrogens with zero attached hydrogens (tertiary/aromatic N) is 4. The van der Waals surface area contributed by atoms with Crippen LogP contribution in [0.15, 0.2) is 24.4 Å². The van der Waals surface area contributed by atoms with Crippen molar-refractivity contribution < 1.29 is 13.2 Å². The summed E-state index contributed by atoms with van der Waals surface area (Å²) in [4.78, 5) is 10.7. The van der Waals surface area contributed by atoms with Crippen molar-refractivity contribution in [1.82, 2.24) is 25.1 Å². The fraction of sp³-hybridized carbons (Fsp3) is 0.458. The number of piperidine rings is 1. The van der Waals surface area contributed by atoms with E-state index in [9.17, 15) is 13.2 Å². The molecule has 1 aliphatic rings. The van der Waals surface area contributed by atoms with Gasteiger partial charge in [-0.05, 0) is 75.4 Å². The van der Waals surface area contributed by atoms with E-state index in [0.717, 1.165) is 35.3 Å². The first-order chi connectivity index (χ1) is 16.6. The Morgan fingerprint density at radius 1 is 1.09 bits per heavy atom. The molecule has 7 nitrogen and oxygen atoms in total. The molecule has 3 heterocycles. The summed E-state index contributed by atoms with van der Waals surface area (Å²) in [5.41, 5.74) is 5.22. The Morgan fingerprint density at radius 3 is 2.49 bits per heavy atom. The number of aryl methyl sites for hydroxylation is 3. The average molecular weight is 508 g/mol. The largest absolute Gasteiger partial charge is 0.390 e. The molecule has 0 bridgehead atoms. The molecule has 0 saturated carbocycles. The van der Waals surface area contributed by atoms with Crippen LogP contribution in [0.3, 0.4) is 0 Å². The van der Waals surface area contributed by atoms with Crippen molar-refractivity contribution in [3.05, 3.63) is 51.8 Å². The number of halogens is 4. The lowest BCUT2D eigenvalue weighted by Gasteiger charge is -2.33. The Hall–Kier alpha value is -2.85. The number of anilines is 4. The van der Waals surface area contributed by atoms with Crippen molar-refractivity contribution >= 4 is 34.9 Å². The summed E-state index contributed by atoms with van der Waals surface area (Å²) < 4.78 is 37.6. The fourth-order valence-electron chi connectivity index (χ4n) is 4.40. The summed E-state index contributed by atoms with van der Waals surface area (Å²) in [6.45, 7) is 7.43. The van der Waals surface area contributed by atoms with Crippen LogP contribution < -0.4 is 10.6 Å². The minimum atomic E-state index is -4.10. The van der Waals surface area contributed by atoms with Crippen LogP contribution in [0.1, 0.15) is 47.6 Å². The Kier molecular flexibility index (Phi) is 7.51. The zero-order valence-corrected chi connectivity index (χ0v) is 20.7. The van der Waals surface area contributed by atoms with Gasteiger partial charge in [0.15, 0.2) is 11.6 Å². The van der Waals surface area contributed by atoms with Crippen molar-refractivity contribution in [3.63, 3.8) is 0 Å². The van der Waals surface area contributed by atoms with Gasteiger partial charge in [-0.15, -0.1) is 0 Å². The lowest BCUT2D eigenvalue weighted by molar-refractivity contribution is -0.138. The molecule has 0 radical (unpaired) electrons. The van der Waals surface area contributed by atoms with Crippen LogP contribution in [-0.2, 0) is 0 Å². The lowest BCUT2D eigenvalue weighted by atomic mass is 9.85. The average Bonchev–Trinajstić information content (AvgIpc) is 3.21. The van der Waals surface area contributed by atoms with Gasteiger partial charge in [0.2, 0.25) is 5.95 Å². The van der Waals surface area contributed by atoms with Gasteiger partial charge in [-0.25, -0.2) is 4.98 Å². The van der Waals surface area contributed by atoms with E-state index in [0.29, 0.717) is 41.6 Å². The molecule has 0 atom stereocenters. The van der Waals surface area contributed by atoms with Crippen molar-refractivity contribution in [3.8, 4) is 0 Å². The molecule has 0 spiro atoms. The zero-order valence-electron chi connectivity index (χ0n) is 19.9. The van der Waals surface area contributed by atoms with Gasteiger partial charge < -0.3 is 15.5 Å². The third-order valence-corrected chi connectivity index (χ3v) is 6.57. The number of aromatic nitrogens is 4. The molecule has 35 heavy (non-hydrogen) atoms. The second-order valence-corrected chi connectivity index (χ2v) is 9.49. The van der Waals surface area contributed by atoms with E-state index in [4.69, 9.17) is 11.6 Å². The zero-order chi connectivity index (χ0) is 25.2. The molecule has 1 aromatic carbocycles. The maximum atomic E-state index is 12.5. The summed E-state index contributed by atoms with van der Waals surface area (Å²) >= 11 is 6.26. The highest BCUT2D eigenvalue weighted by Gasteiger charge is 2.29. The molecular weight excluding hydrogens is 479 g/mol. The fourth-order valence-corrected chi connectivity index (χ4v) is 4.54. The molecule has 0 unspecified atom stereocenters. The predicted octanol–water partition coefficient (Wildman–Crippen LogP) is 6.40. The maximum absolute atomic E-state index is 12.5. The maximum Gasteiger partial charge on any atom is 0.390 e. The van der Waals surface area contributed by atoms with Gasteiger partial charge in [-0.2, -0.15) is 23.3 Å². The molecular formula is C24H29ClF3N7. The Morgan fingerprint density at radius 2 is 1.83 bits per heavy atom. The number of hydrogen-bond acceptors (Lipinski definition) is 6. The normalized spacial score (nSPS) is 15.4. The van der Waals surface area contributed by atoms with E-state index in [2.05, 4.69) is 49.9 Å². The van der Waals surface area contributed by atoms with E-state index < -0.39 is 12.6 Å². The Balaban J connectivity index is 1.43.